The van der Waals surface area contributed by atoms with Crippen molar-refractivity contribution < 1.29 is 0 Å². The van der Waals surface area contributed by atoms with E-state index in [1.807, 2.05) is 19.1 Å². The van der Waals surface area contributed by atoms with Crippen LogP contribution in [0.4, 0.5) is 0 Å². The maximum Gasteiger partial charge on any atom is 0.0565 e. The van der Waals surface area contributed by atoms with E-state index in [9.17, 15) is 0 Å². The molecule has 19 heavy (non-hydrogen) atoms. The van der Waals surface area contributed by atoms with Crippen molar-refractivity contribution in [2.24, 2.45) is 5.73 Å². The van der Waals surface area contributed by atoms with Gasteiger partial charge in [-0.1, -0.05) is 41.9 Å². The molecule has 0 amide bonds. The van der Waals surface area contributed by atoms with Crippen LogP contribution < -0.4 is 5.73 Å². The average molecular weight is 288 g/mol. The van der Waals surface area contributed by atoms with Gasteiger partial charge in [0.15, 0.2) is 0 Å². The summed E-state index contributed by atoms with van der Waals surface area (Å²) >= 11 is 7.81. The first-order valence-corrected chi connectivity index (χ1v) is 7.40. The summed E-state index contributed by atoms with van der Waals surface area (Å²) in [6.07, 6.45) is 0. The molecule has 3 heteroatoms. The molecule has 3 aromatic rings. The highest BCUT2D eigenvalue weighted by Crippen LogP contribution is 2.32. The van der Waals surface area contributed by atoms with Crippen molar-refractivity contribution in [2.45, 2.75) is 13.0 Å². The zero-order valence-electron chi connectivity index (χ0n) is 10.6. The summed E-state index contributed by atoms with van der Waals surface area (Å²) in [5.74, 6) is 0. The van der Waals surface area contributed by atoms with E-state index in [-0.39, 0.29) is 6.04 Å². The molecule has 0 aliphatic heterocycles. The molecule has 0 saturated carbocycles. The molecule has 0 aliphatic carbocycles. The van der Waals surface area contributed by atoms with E-state index in [2.05, 4.69) is 35.7 Å². The molecule has 1 aromatic heterocycles. The van der Waals surface area contributed by atoms with Crippen molar-refractivity contribution in [2.75, 3.05) is 0 Å². The van der Waals surface area contributed by atoms with Crippen LogP contribution >= 0.6 is 22.9 Å². The molecule has 3 rings (SSSR count). The lowest BCUT2D eigenvalue weighted by atomic mass is 9.97. The number of halogens is 1. The smallest absolute Gasteiger partial charge is 0.0565 e. The van der Waals surface area contributed by atoms with Gasteiger partial charge in [0.25, 0.3) is 0 Å². The summed E-state index contributed by atoms with van der Waals surface area (Å²) in [6, 6.07) is 14.3. The first-order chi connectivity index (χ1) is 9.16. The third-order valence-corrected chi connectivity index (χ3v) is 4.79. The Hall–Kier alpha value is -1.35. The summed E-state index contributed by atoms with van der Waals surface area (Å²) in [6.45, 7) is 2.00. The molecule has 96 valence electrons. The molecule has 0 saturated heterocycles. The molecule has 2 N–H and O–H groups in total. The largest absolute Gasteiger partial charge is 0.320 e. The van der Waals surface area contributed by atoms with E-state index in [1.165, 1.54) is 15.6 Å². The van der Waals surface area contributed by atoms with Gasteiger partial charge < -0.3 is 5.73 Å². The lowest BCUT2D eigenvalue weighted by Crippen LogP contribution is -2.12. The highest BCUT2D eigenvalue weighted by Gasteiger charge is 2.13. The highest BCUT2D eigenvalue weighted by atomic mass is 35.5. The summed E-state index contributed by atoms with van der Waals surface area (Å²) in [5, 5.41) is 4.14. The van der Waals surface area contributed by atoms with Gasteiger partial charge in [0.2, 0.25) is 0 Å². The number of hydrogen-bond acceptors (Lipinski definition) is 2. The Morgan fingerprint density at radius 3 is 2.79 bits per heavy atom. The van der Waals surface area contributed by atoms with Crippen LogP contribution in [0.5, 0.6) is 0 Å². The Morgan fingerprint density at radius 1 is 1.16 bits per heavy atom. The Balaban J connectivity index is 2.10. The molecule has 0 bridgehead atoms. The minimum atomic E-state index is -0.113. The van der Waals surface area contributed by atoms with Gasteiger partial charge in [0, 0.05) is 9.72 Å². The molecule has 1 heterocycles. The molecule has 0 spiro atoms. The van der Waals surface area contributed by atoms with Gasteiger partial charge in [0.05, 0.1) is 6.04 Å². The number of benzene rings is 2. The average Bonchev–Trinajstić information content (AvgIpc) is 2.89. The van der Waals surface area contributed by atoms with Crippen LogP contribution in [0.25, 0.3) is 10.1 Å². The van der Waals surface area contributed by atoms with Crippen molar-refractivity contribution in [1.29, 1.82) is 0 Å². The third-order valence-electron chi connectivity index (χ3n) is 3.39. The van der Waals surface area contributed by atoms with Crippen LogP contribution in [0.15, 0.2) is 47.8 Å². The van der Waals surface area contributed by atoms with E-state index in [0.29, 0.717) is 0 Å². The number of nitrogens with two attached hydrogens (primary N) is 1. The first kappa shape index (κ1) is 12.7. The Labute approximate surface area is 121 Å². The molecule has 1 atom stereocenters. The number of hydrogen-bond donors (Lipinski definition) is 1. The van der Waals surface area contributed by atoms with E-state index in [1.54, 1.807) is 11.3 Å². The Bertz CT molecular complexity index is 732. The fraction of sp³-hybridized carbons (Fsp3) is 0.125. The maximum absolute atomic E-state index is 6.42. The Kier molecular flexibility index (Phi) is 3.31. The SMILES string of the molecule is Cc1cc(C(N)c2cccc3ccsc23)ccc1Cl. The zero-order chi connectivity index (χ0) is 13.4. The maximum atomic E-state index is 6.42. The van der Waals surface area contributed by atoms with Gasteiger partial charge in [-0.2, -0.15) is 0 Å². The summed E-state index contributed by atoms with van der Waals surface area (Å²) in [7, 11) is 0. The van der Waals surface area contributed by atoms with Crippen LogP contribution in [-0.2, 0) is 0 Å². The number of fused-ring (bicyclic) bond motifs is 1. The van der Waals surface area contributed by atoms with Gasteiger partial charge in [-0.15, -0.1) is 11.3 Å². The van der Waals surface area contributed by atoms with Crippen molar-refractivity contribution >= 4 is 33.0 Å². The second-order valence-electron chi connectivity index (χ2n) is 4.67. The monoisotopic (exact) mass is 287 g/mol. The van der Waals surface area contributed by atoms with Gasteiger partial charge in [-0.3, -0.25) is 0 Å². The van der Waals surface area contributed by atoms with E-state index in [4.69, 9.17) is 17.3 Å². The van der Waals surface area contributed by atoms with E-state index in [0.717, 1.165) is 16.1 Å². The third kappa shape index (κ3) is 2.27. The van der Waals surface area contributed by atoms with Crippen molar-refractivity contribution in [1.82, 2.24) is 0 Å². The molecular weight excluding hydrogens is 274 g/mol. The van der Waals surface area contributed by atoms with Crippen molar-refractivity contribution in [3.05, 3.63) is 69.6 Å². The lowest BCUT2D eigenvalue weighted by Gasteiger charge is -2.14. The van der Waals surface area contributed by atoms with Crippen LogP contribution in [0.3, 0.4) is 0 Å². The normalized spacial score (nSPS) is 12.8. The topological polar surface area (TPSA) is 26.0 Å². The fourth-order valence-corrected chi connectivity index (χ4v) is 3.37. The van der Waals surface area contributed by atoms with Crippen molar-refractivity contribution in [3.63, 3.8) is 0 Å². The quantitative estimate of drug-likeness (QED) is 0.712. The second-order valence-corrected chi connectivity index (χ2v) is 6.00. The predicted octanol–water partition coefficient (Wildman–Crippen LogP) is 4.91. The van der Waals surface area contributed by atoms with E-state index < -0.39 is 0 Å². The summed E-state index contributed by atoms with van der Waals surface area (Å²) < 4.78 is 1.27. The minimum Gasteiger partial charge on any atom is -0.320 e. The van der Waals surface area contributed by atoms with Gasteiger partial charge in [0.1, 0.15) is 0 Å². The highest BCUT2D eigenvalue weighted by molar-refractivity contribution is 7.17. The summed E-state index contributed by atoms with van der Waals surface area (Å²) in [5.41, 5.74) is 9.76. The van der Waals surface area contributed by atoms with E-state index >= 15 is 0 Å². The standard InChI is InChI=1S/C16H14ClNS/c1-10-9-12(5-6-14(10)17)15(18)13-4-2-3-11-7-8-19-16(11)13/h2-9,15H,18H2,1H3. The molecule has 0 radical (unpaired) electrons. The van der Waals surface area contributed by atoms with Crippen LogP contribution in [0.2, 0.25) is 5.02 Å². The van der Waals surface area contributed by atoms with Gasteiger partial charge in [-0.25, -0.2) is 0 Å². The Morgan fingerprint density at radius 2 is 2.00 bits per heavy atom. The molecule has 0 fully saturated rings. The first-order valence-electron chi connectivity index (χ1n) is 6.14. The van der Waals surface area contributed by atoms with Crippen LogP contribution in [-0.4, -0.2) is 0 Å². The van der Waals surface area contributed by atoms with Gasteiger partial charge >= 0.3 is 0 Å². The zero-order valence-corrected chi connectivity index (χ0v) is 12.1. The number of rotatable bonds is 2. The van der Waals surface area contributed by atoms with Crippen LogP contribution in [0, 0.1) is 6.92 Å². The predicted molar refractivity (Wildman–Crippen MR) is 84.0 cm³/mol. The fourth-order valence-electron chi connectivity index (χ4n) is 2.30. The lowest BCUT2D eigenvalue weighted by molar-refractivity contribution is 0.880. The second kappa shape index (κ2) is 4.97. The molecular formula is C16H14ClNS. The number of aryl methyl sites for hydroxylation is 1. The van der Waals surface area contributed by atoms with Crippen LogP contribution in [0.1, 0.15) is 22.7 Å². The molecule has 1 unspecified atom stereocenters. The number of thiophene rings is 1. The molecule has 1 nitrogen and oxygen atoms in total. The minimum absolute atomic E-state index is 0.113. The van der Waals surface area contributed by atoms with Gasteiger partial charge in [-0.05, 0) is 46.5 Å². The summed E-state index contributed by atoms with van der Waals surface area (Å²) in [4.78, 5) is 0. The molecule has 0 aliphatic rings. The van der Waals surface area contributed by atoms with Crippen molar-refractivity contribution in [3.8, 4) is 0 Å². The molecule has 2 aromatic carbocycles.